The Balaban J connectivity index is 2.49. The van der Waals surface area contributed by atoms with Gasteiger partial charge >= 0.3 is 0 Å². The second-order valence-corrected chi connectivity index (χ2v) is 5.64. The summed E-state index contributed by atoms with van der Waals surface area (Å²) in [6.07, 6.45) is 2.80. The molecule has 0 aromatic carbocycles. The van der Waals surface area contributed by atoms with Gasteiger partial charge in [-0.3, -0.25) is 4.68 Å². The Labute approximate surface area is 138 Å². The molecule has 2 heterocycles. The largest absolute Gasteiger partial charge is 0.378 e. The Bertz CT molecular complexity index is 572. The summed E-state index contributed by atoms with van der Waals surface area (Å²) in [4.78, 5) is 9.29. The number of anilines is 1. The second kappa shape index (κ2) is 7.69. The lowest BCUT2D eigenvalue weighted by molar-refractivity contribution is 0.181. The van der Waals surface area contributed by atoms with Crippen LogP contribution in [0.1, 0.15) is 26.0 Å². The van der Waals surface area contributed by atoms with Crippen molar-refractivity contribution in [3.05, 3.63) is 21.5 Å². The fraction of sp³-hybridized carbons (Fsp3) is 0.500. The lowest BCUT2D eigenvalue weighted by Crippen LogP contribution is -2.10. The van der Waals surface area contributed by atoms with Gasteiger partial charge in [0.15, 0.2) is 5.82 Å². The first-order chi connectivity index (χ1) is 10.2. The van der Waals surface area contributed by atoms with Gasteiger partial charge in [0.1, 0.15) is 11.5 Å². The molecule has 0 aliphatic heterocycles. The maximum Gasteiger partial charge on any atom is 0.180 e. The third kappa shape index (κ3) is 3.70. The Morgan fingerprint density at radius 2 is 2.14 bits per heavy atom. The number of aromatic nitrogens is 4. The molecule has 7 heteroatoms. The Hall–Kier alpha value is -1.22. The molecule has 0 saturated carbocycles. The molecule has 114 valence electrons. The normalized spacial score (nSPS) is 10.9. The van der Waals surface area contributed by atoms with E-state index in [2.05, 4.69) is 56.8 Å². The Morgan fingerprint density at radius 1 is 1.33 bits per heavy atom. The van der Waals surface area contributed by atoms with Crippen LogP contribution >= 0.6 is 22.6 Å². The van der Waals surface area contributed by atoms with Gasteiger partial charge in [-0.2, -0.15) is 5.10 Å². The molecule has 0 saturated heterocycles. The average molecular weight is 401 g/mol. The summed E-state index contributed by atoms with van der Waals surface area (Å²) in [5, 5.41) is 7.62. The monoisotopic (exact) mass is 401 g/mol. The van der Waals surface area contributed by atoms with Crippen molar-refractivity contribution in [1.82, 2.24) is 19.7 Å². The summed E-state index contributed by atoms with van der Waals surface area (Å²) in [5.74, 6) is 1.53. The van der Waals surface area contributed by atoms with Gasteiger partial charge in [0, 0.05) is 26.4 Å². The van der Waals surface area contributed by atoms with Gasteiger partial charge in [-0.1, -0.05) is 6.92 Å². The Kier molecular flexibility index (Phi) is 5.92. The van der Waals surface area contributed by atoms with Crippen molar-refractivity contribution in [2.45, 2.75) is 33.4 Å². The molecule has 0 unspecified atom stereocenters. The number of nitrogens with one attached hydrogen (secondary N) is 1. The van der Waals surface area contributed by atoms with Gasteiger partial charge in [-0.05, 0) is 42.0 Å². The number of aryl methyl sites for hydroxylation is 1. The topological polar surface area (TPSA) is 64.9 Å². The van der Waals surface area contributed by atoms with E-state index in [4.69, 9.17) is 4.74 Å². The third-order valence-corrected chi connectivity index (χ3v) is 4.06. The number of hydrogen-bond acceptors (Lipinski definition) is 5. The van der Waals surface area contributed by atoms with Gasteiger partial charge in [-0.25, -0.2) is 9.97 Å². The van der Waals surface area contributed by atoms with Crippen LogP contribution in [0.15, 0.2) is 12.3 Å². The molecule has 6 nitrogen and oxygen atoms in total. The molecule has 0 amide bonds. The highest BCUT2D eigenvalue weighted by molar-refractivity contribution is 14.1. The van der Waals surface area contributed by atoms with Crippen LogP contribution in [0.5, 0.6) is 0 Å². The number of methoxy groups -OCH3 is 1. The smallest absolute Gasteiger partial charge is 0.180 e. The van der Waals surface area contributed by atoms with E-state index in [9.17, 15) is 0 Å². The lowest BCUT2D eigenvalue weighted by atomic mass is 10.3. The number of ether oxygens (including phenoxy) is 1. The van der Waals surface area contributed by atoms with E-state index in [1.165, 1.54) is 0 Å². The average Bonchev–Trinajstić information content (AvgIpc) is 2.92. The van der Waals surface area contributed by atoms with Crippen LogP contribution in [0.4, 0.5) is 5.82 Å². The van der Waals surface area contributed by atoms with Crippen molar-refractivity contribution in [2.24, 2.45) is 0 Å². The van der Waals surface area contributed by atoms with Crippen molar-refractivity contribution in [3.63, 3.8) is 0 Å². The van der Waals surface area contributed by atoms with Crippen LogP contribution in [0.3, 0.4) is 0 Å². The molecular formula is C14H20IN5O. The van der Waals surface area contributed by atoms with Crippen molar-refractivity contribution < 1.29 is 4.74 Å². The predicted octanol–water partition coefficient (Wildman–Crippen LogP) is 2.93. The van der Waals surface area contributed by atoms with Crippen LogP contribution < -0.4 is 5.32 Å². The fourth-order valence-electron chi connectivity index (χ4n) is 2.04. The molecule has 21 heavy (non-hydrogen) atoms. The zero-order valence-electron chi connectivity index (χ0n) is 12.6. The van der Waals surface area contributed by atoms with Gasteiger partial charge in [0.2, 0.25) is 0 Å². The quantitative estimate of drug-likeness (QED) is 0.723. The molecule has 0 aliphatic carbocycles. The predicted molar refractivity (Wildman–Crippen MR) is 91.1 cm³/mol. The fourth-order valence-corrected chi connectivity index (χ4v) is 2.63. The third-order valence-electron chi connectivity index (χ3n) is 2.93. The van der Waals surface area contributed by atoms with Gasteiger partial charge < -0.3 is 10.1 Å². The summed E-state index contributed by atoms with van der Waals surface area (Å²) in [5.41, 5.74) is 1.83. The molecule has 0 radical (unpaired) electrons. The van der Waals surface area contributed by atoms with Gasteiger partial charge in [-0.15, -0.1) is 0 Å². The number of rotatable bonds is 7. The SMILES string of the molecule is CCCn1nccc1-c1nc(COC)c(I)c(NCC)n1. The van der Waals surface area contributed by atoms with Crippen LogP contribution in [0, 0.1) is 3.57 Å². The van der Waals surface area contributed by atoms with Crippen molar-refractivity contribution in [3.8, 4) is 11.5 Å². The zero-order valence-corrected chi connectivity index (χ0v) is 14.7. The molecule has 0 bridgehead atoms. The van der Waals surface area contributed by atoms with Crippen LogP contribution in [0.25, 0.3) is 11.5 Å². The molecule has 0 spiro atoms. The molecule has 0 fully saturated rings. The first-order valence-corrected chi connectivity index (χ1v) is 8.10. The highest BCUT2D eigenvalue weighted by atomic mass is 127. The van der Waals surface area contributed by atoms with Crippen molar-refractivity contribution >= 4 is 28.4 Å². The lowest BCUT2D eigenvalue weighted by Gasteiger charge is -2.12. The number of hydrogen-bond donors (Lipinski definition) is 1. The van der Waals surface area contributed by atoms with E-state index >= 15 is 0 Å². The van der Waals surface area contributed by atoms with Gasteiger partial charge in [0.25, 0.3) is 0 Å². The van der Waals surface area contributed by atoms with Crippen LogP contribution in [-0.2, 0) is 17.9 Å². The maximum atomic E-state index is 5.25. The molecule has 0 atom stereocenters. The second-order valence-electron chi connectivity index (χ2n) is 4.56. The molecule has 1 N–H and O–H groups in total. The molecule has 0 aliphatic rings. The highest BCUT2D eigenvalue weighted by Gasteiger charge is 2.15. The standard InChI is InChI=1S/C14H20IN5O/c1-4-8-20-11(6-7-17-20)13-18-10(9-21-3)12(15)14(19-13)16-5-2/h6-7H,4-5,8-9H2,1-3H3,(H,16,18,19). The van der Waals surface area contributed by atoms with Gasteiger partial charge in [0.05, 0.1) is 15.9 Å². The minimum Gasteiger partial charge on any atom is -0.378 e. The van der Waals surface area contributed by atoms with E-state index < -0.39 is 0 Å². The van der Waals surface area contributed by atoms with E-state index in [-0.39, 0.29) is 0 Å². The van der Waals surface area contributed by atoms with E-state index in [0.717, 1.165) is 40.3 Å². The number of halogens is 1. The molecular weight excluding hydrogens is 381 g/mol. The van der Waals surface area contributed by atoms with E-state index in [0.29, 0.717) is 12.4 Å². The van der Waals surface area contributed by atoms with Crippen LogP contribution in [-0.4, -0.2) is 33.4 Å². The van der Waals surface area contributed by atoms with Crippen molar-refractivity contribution in [2.75, 3.05) is 19.0 Å². The zero-order chi connectivity index (χ0) is 15.2. The minimum absolute atomic E-state index is 0.466. The maximum absolute atomic E-state index is 5.25. The summed E-state index contributed by atoms with van der Waals surface area (Å²) in [7, 11) is 1.67. The molecule has 2 rings (SSSR count). The molecule has 2 aromatic heterocycles. The number of nitrogens with zero attached hydrogens (tertiary/aromatic N) is 4. The first-order valence-electron chi connectivity index (χ1n) is 7.02. The first kappa shape index (κ1) is 16.2. The minimum atomic E-state index is 0.466. The summed E-state index contributed by atoms with van der Waals surface area (Å²) < 4.78 is 8.19. The Morgan fingerprint density at radius 3 is 2.81 bits per heavy atom. The summed E-state index contributed by atoms with van der Waals surface area (Å²) in [6.45, 7) is 6.31. The summed E-state index contributed by atoms with van der Waals surface area (Å²) in [6, 6.07) is 1.95. The van der Waals surface area contributed by atoms with Crippen LogP contribution in [0.2, 0.25) is 0 Å². The highest BCUT2D eigenvalue weighted by Crippen LogP contribution is 2.24. The van der Waals surface area contributed by atoms with Crippen molar-refractivity contribution in [1.29, 1.82) is 0 Å². The van der Waals surface area contributed by atoms with E-state index in [1.54, 1.807) is 13.3 Å². The molecule has 2 aromatic rings. The summed E-state index contributed by atoms with van der Waals surface area (Å²) >= 11 is 2.26. The van der Waals surface area contributed by atoms with E-state index in [1.807, 2.05) is 10.7 Å².